The molecule has 0 aromatic carbocycles. The molecule has 0 saturated carbocycles. The zero-order chi connectivity index (χ0) is 17.1. The topological polar surface area (TPSA) is 0 Å². The average molecular weight is 443 g/mol. The molecule has 26 heavy (non-hydrogen) atoms. The van der Waals surface area contributed by atoms with Gasteiger partial charge in [0.15, 0.2) is 0 Å². The van der Waals surface area contributed by atoms with E-state index in [1.807, 2.05) is 68.0 Å². The quantitative estimate of drug-likeness (QED) is 0.256. The lowest BCUT2D eigenvalue weighted by Crippen LogP contribution is -1.59. The molecule has 0 nitrogen and oxygen atoms in total. The predicted octanol–water partition coefficient (Wildman–Crippen LogP) is 9.36. The zero-order valence-corrected chi connectivity index (χ0v) is 18.1. The summed E-state index contributed by atoms with van der Waals surface area (Å²) in [5.41, 5.74) is 0. The molecule has 0 N–H and O–H groups in total. The van der Waals surface area contributed by atoms with Crippen molar-refractivity contribution in [3.63, 3.8) is 0 Å². The van der Waals surface area contributed by atoms with E-state index in [0.717, 1.165) is 0 Å². The van der Waals surface area contributed by atoms with E-state index in [1.54, 1.807) is 0 Å². The standard InChI is InChI=1S/C20H10S6/c1-2-11(21-6-1)12-3-4-13(23-12)16-9-18-20(25-16)10-19(26-18)17-8-15-14(24-17)5-7-22-15/h1-10H. The van der Waals surface area contributed by atoms with Crippen molar-refractivity contribution in [2.24, 2.45) is 0 Å². The van der Waals surface area contributed by atoms with Crippen molar-refractivity contribution in [2.75, 3.05) is 0 Å². The van der Waals surface area contributed by atoms with Gasteiger partial charge in [0, 0.05) is 48.1 Å². The molecular formula is C20H10S6. The van der Waals surface area contributed by atoms with E-state index in [1.165, 1.54) is 48.1 Å². The number of thiophene rings is 6. The third-order valence-corrected chi connectivity index (χ3v) is 11.1. The Labute approximate surface area is 174 Å². The minimum atomic E-state index is 1.36. The highest BCUT2D eigenvalue weighted by atomic mass is 32.1. The predicted molar refractivity (Wildman–Crippen MR) is 125 cm³/mol. The number of fused-ring (bicyclic) bond motifs is 2. The molecule has 0 unspecified atom stereocenters. The second-order valence-electron chi connectivity index (χ2n) is 5.85. The lowest BCUT2D eigenvalue weighted by molar-refractivity contribution is 1.92. The minimum Gasteiger partial charge on any atom is -0.143 e. The summed E-state index contributed by atoms with van der Waals surface area (Å²) in [7, 11) is 0. The lowest BCUT2D eigenvalue weighted by atomic mass is 10.3. The highest BCUT2D eigenvalue weighted by Gasteiger charge is 2.14. The first-order valence-electron chi connectivity index (χ1n) is 7.98. The summed E-state index contributed by atoms with van der Waals surface area (Å²) < 4.78 is 5.62. The second kappa shape index (κ2) is 6.12. The Kier molecular flexibility index (Phi) is 3.71. The molecule has 0 aliphatic carbocycles. The summed E-state index contributed by atoms with van der Waals surface area (Å²) in [6.07, 6.45) is 0. The van der Waals surface area contributed by atoms with Crippen LogP contribution in [0.3, 0.4) is 0 Å². The van der Waals surface area contributed by atoms with Crippen molar-refractivity contribution in [3.05, 3.63) is 59.3 Å². The molecule has 0 bridgehead atoms. The van der Waals surface area contributed by atoms with Crippen LogP contribution in [0.4, 0.5) is 0 Å². The maximum absolute atomic E-state index is 2.37. The van der Waals surface area contributed by atoms with E-state index in [9.17, 15) is 0 Å². The molecule has 6 heterocycles. The van der Waals surface area contributed by atoms with Crippen LogP contribution in [-0.2, 0) is 0 Å². The van der Waals surface area contributed by atoms with E-state index in [4.69, 9.17) is 0 Å². The second-order valence-corrected chi connectivity index (χ2v) is 12.1. The van der Waals surface area contributed by atoms with Gasteiger partial charge >= 0.3 is 0 Å². The van der Waals surface area contributed by atoms with Crippen molar-refractivity contribution < 1.29 is 0 Å². The normalized spacial score (nSPS) is 11.8. The van der Waals surface area contributed by atoms with Crippen molar-refractivity contribution in [1.82, 2.24) is 0 Å². The molecule has 6 aromatic heterocycles. The molecule has 0 atom stereocenters. The smallest absolute Gasteiger partial charge is 0.0464 e. The van der Waals surface area contributed by atoms with E-state index in [2.05, 4.69) is 59.3 Å². The van der Waals surface area contributed by atoms with Crippen LogP contribution < -0.4 is 0 Å². The molecule has 0 fully saturated rings. The van der Waals surface area contributed by atoms with Crippen molar-refractivity contribution >= 4 is 86.8 Å². The molecular weight excluding hydrogens is 433 g/mol. The van der Waals surface area contributed by atoms with Crippen LogP contribution >= 0.6 is 68.0 Å². The summed E-state index contributed by atoms with van der Waals surface area (Å²) in [5, 5.41) is 4.32. The average Bonchev–Trinajstić information content (AvgIpc) is 3.44. The van der Waals surface area contributed by atoms with Crippen LogP contribution in [0.25, 0.3) is 48.1 Å². The van der Waals surface area contributed by atoms with E-state index < -0.39 is 0 Å². The first-order chi connectivity index (χ1) is 12.8. The summed E-state index contributed by atoms with van der Waals surface area (Å²) in [6, 6.07) is 18.2. The van der Waals surface area contributed by atoms with Crippen molar-refractivity contribution in [1.29, 1.82) is 0 Å². The van der Waals surface area contributed by atoms with Gasteiger partial charge in [-0.2, -0.15) is 0 Å². The zero-order valence-electron chi connectivity index (χ0n) is 13.2. The first-order valence-corrected chi connectivity index (χ1v) is 13.0. The summed E-state index contributed by atoms with van der Waals surface area (Å²) in [5.74, 6) is 0. The van der Waals surface area contributed by atoms with Gasteiger partial charge in [0.2, 0.25) is 0 Å². The van der Waals surface area contributed by atoms with Crippen molar-refractivity contribution in [2.45, 2.75) is 0 Å². The number of rotatable bonds is 3. The van der Waals surface area contributed by atoms with Crippen LogP contribution in [0.1, 0.15) is 0 Å². The van der Waals surface area contributed by atoms with Crippen LogP contribution in [0.5, 0.6) is 0 Å². The Morgan fingerprint density at radius 1 is 0.423 bits per heavy atom. The van der Waals surface area contributed by atoms with Crippen molar-refractivity contribution in [3.8, 4) is 29.3 Å². The Morgan fingerprint density at radius 2 is 1.08 bits per heavy atom. The van der Waals surface area contributed by atoms with Gasteiger partial charge in [-0.3, -0.25) is 0 Å². The molecule has 0 aliphatic rings. The van der Waals surface area contributed by atoms with Gasteiger partial charge in [-0.15, -0.1) is 68.0 Å². The fraction of sp³-hybridized carbons (Fsp3) is 0. The van der Waals surface area contributed by atoms with Gasteiger partial charge in [0.05, 0.1) is 0 Å². The van der Waals surface area contributed by atoms with Gasteiger partial charge in [0.1, 0.15) is 0 Å². The molecule has 0 aliphatic heterocycles. The van der Waals surface area contributed by atoms with Gasteiger partial charge in [-0.05, 0) is 53.2 Å². The molecule has 6 heteroatoms. The van der Waals surface area contributed by atoms with Crippen LogP contribution in [0, 0.1) is 0 Å². The highest BCUT2D eigenvalue weighted by Crippen LogP contribution is 2.46. The maximum Gasteiger partial charge on any atom is 0.0464 e. The maximum atomic E-state index is 2.37. The van der Waals surface area contributed by atoms with E-state index in [-0.39, 0.29) is 0 Å². The van der Waals surface area contributed by atoms with Crippen LogP contribution in [0.15, 0.2) is 59.3 Å². The van der Waals surface area contributed by atoms with Gasteiger partial charge < -0.3 is 0 Å². The van der Waals surface area contributed by atoms with Crippen LogP contribution in [-0.4, -0.2) is 0 Å². The molecule has 0 spiro atoms. The Bertz CT molecular complexity index is 1270. The van der Waals surface area contributed by atoms with Gasteiger partial charge in [-0.1, -0.05) is 6.07 Å². The molecule has 6 rings (SSSR count). The fourth-order valence-corrected chi connectivity index (χ4v) is 9.49. The number of hydrogen-bond acceptors (Lipinski definition) is 6. The van der Waals surface area contributed by atoms with E-state index in [0.29, 0.717) is 0 Å². The SMILES string of the molecule is c1csc(-c2ccc(-c3cc4sc(-c5cc6sccc6s5)cc4s3)s2)c1. The summed E-state index contributed by atoms with van der Waals surface area (Å²) in [4.78, 5) is 8.29. The lowest BCUT2D eigenvalue weighted by Gasteiger charge is -1.91. The minimum absolute atomic E-state index is 1.36. The fourth-order valence-electron chi connectivity index (χ4n) is 2.99. The third kappa shape index (κ3) is 2.56. The van der Waals surface area contributed by atoms with Gasteiger partial charge in [0.25, 0.3) is 0 Å². The molecule has 6 aromatic rings. The van der Waals surface area contributed by atoms with Crippen LogP contribution in [0.2, 0.25) is 0 Å². The van der Waals surface area contributed by atoms with Gasteiger partial charge in [-0.25, -0.2) is 0 Å². The Morgan fingerprint density at radius 3 is 1.77 bits per heavy atom. The summed E-state index contributed by atoms with van der Waals surface area (Å²) >= 11 is 11.3. The molecule has 126 valence electrons. The highest BCUT2D eigenvalue weighted by molar-refractivity contribution is 7.35. The first kappa shape index (κ1) is 15.7. The Balaban J connectivity index is 1.37. The third-order valence-electron chi connectivity index (χ3n) is 4.20. The number of hydrogen-bond donors (Lipinski definition) is 0. The molecule has 0 amide bonds. The monoisotopic (exact) mass is 442 g/mol. The summed E-state index contributed by atoms with van der Waals surface area (Å²) in [6.45, 7) is 0. The largest absolute Gasteiger partial charge is 0.143 e. The molecule has 0 saturated heterocycles. The molecule has 0 radical (unpaired) electrons. The Hall–Kier alpha value is -1.28. The van der Waals surface area contributed by atoms with E-state index >= 15 is 0 Å².